The van der Waals surface area contributed by atoms with Crippen LogP contribution in [0.15, 0.2) is 30.6 Å². The second kappa shape index (κ2) is 11.3. The smallest absolute Gasteiger partial charge is 0.240 e. The highest BCUT2D eigenvalue weighted by molar-refractivity contribution is 7.92. The molecule has 230 valence electrons. The van der Waals surface area contributed by atoms with E-state index in [1.807, 2.05) is 13.8 Å². The third kappa shape index (κ3) is 5.56. The number of hydrogen-bond donors (Lipinski definition) is 2. The fourth-order valence-electron chi connectivity index (χ4n) is 6.85. The van der Waals surface area contributed by atoms with Gasteiger partial charge in [-0.2, -0.15) is 0 Å². The van der Waals surface area contributed by atoms with Crippen LogP contribution in [0.3, 0.4) is 0 Å². The second-order valence-corrected chi connectivity index (χ2v) is 14.2. The average molecular weight is 611 g/mol. The van der Waals surface area contributed by atoms with Crippen molar-refractivity contribution in [2.24, 2.45) is 0 Å². The number of nitrogens with one attached hydrogen (secondary N) is 2. The first-order valence-corrected chi connectivity index (χ1v) is 16.9. The van der Waals surface area contributed by atoms with Crippen molar-refractivity contribution in [1.82, 2.24) is 20.2 Å². The zero-order chi connectivity index (χ0) is 30.5. The van der Waals surface area contributed by atoms with Crippen LogP contribution in [0.1, 0.15) is 51.5 Å². The van der Waals surface area contributed by atoms with Crippen LogP contribution in [0.2, 0.25) is 0 Å². The van der Waals surface area contributed by atoms with E-state index < -0.39 is 21.3 Å². The summed E-state index contributed by atoms with van der Waals surface area (Å²) < 4.78 is 48.2. The van der Waals surface area contributed by atoms with E-state index in [-0.39, 0.29) is 35.7 Å². The highest BCUT2D eigenvalue weighted by Gasteiger charge is 2.59. The van der Waals surface area contributed by atoms with Gasteiger partial charge in [-0.3, -0.25) is 19.4 Å². The van der Waals surface area contributed by atoms with Crippen molar-refractivity contribution >= 4 is 38.2 Å². The summed E-state index contributed by atoms with van der Waals surface area (Å²) in [6.45, 7) is 6.12. The number of amides is 1. The molecule has 1 saturated carbocycles. The number of benzene rings is 1. The fourth-order valence-corrected chi connectivity index (χ4v) is 7.39. The zero-order valence-corrected chi connectivity index (χ0v) is 25.9. The van der Waals surface area contributed by atoms with E-state index in [0.29, 0.717) is 42.1 Å². The minimum Gasteiger partial charge on any atom is -0.475 e. The first kappa shape index (κ1) is 29.7. The molecule has 1 aromatic carbocycles. The molecule has 1 aliphatic carbocycles. The normalized spacial score (nSPS) is 18.8. The number of fused-ring (bicyclic) bond motifs is 4. The summed E-state index contributed by atoms with van der Waals surface area (Å²) in [7, 11) is -1.89. The second-order valence-electron chi connectivity index (χ2n) is 12.4. The molecular formula is C31H39FN6O4S. The van der Waals surface area contributed by atoms with Gasteiger partial charge in [-0.1, -0.05) is 33.1 Å². The van der Waals surface area contributed by atoms with Crippen molar-refractivity contribution in [2.45, 2.75) is 63.5 Å². The van der Waals surface area contributed by atoms with Crippen molar-refractivity contribution in [3.8, 4) is 17.0 Å². The molecule has 12 heteroatoms. The number of likely N-dealkylation sites (tertiary alicyclic amines) is 1. The molecular weight excluding hydrogens is 571 g/mol. The monoisotopic (exact) mass is 610 g/mol. The molecule has 2 aromatic heterocycles. The number of rotatable bonds is 9. The van der Waals surface area contributed by atoms with Crippen LogP contribution in [0.4, 0.5) is 15.8 Å². The Balaban J connectivity index is 1.39. The number of nitrogens with zero attached hydrogens (tertiary/aromatic N) is 4. The van der Waals surface area contributed by atoms with E-state index in [4.69, 9.17) is 4.74 Å². The Hall–Kier alpha value is -3.35. The summed E-state index contributed by atoms with van der Waals surface area (Å²) in [5.74, 6) is -0.373. The fraction of sp³-hybridized carbons (Fsp3) is 0.516. The van der Waals surface area contributed by atoms with Gasteiger partial charge in [-0.15, -0.1) is 0 Å². The highest BCUT2D eigenvalue weighted by Crippen LogP contribution is 2.51. The first-order chi connectivity index (χ1) is 20.5. The highest BCUT2D eigenvalue weighted by atomic mass is 32.2. The summed E-state index contributed by atoms with van der Waals surface area (Å²) in [5, 5.41) is 3.95. The molecule has 1 amide bonds. The summed E-state index contributed by atoms with van der Waals surface area (Å²) >= 11 is 0. The lowest BCUT2D eigenvalue weighted by atomic mass is 9.71. The molecule has 2 N–H and O–H groups in total. The Labute approximate surface area is 252 Å². The average Bonchev–Trinajstić information content (AvgIpc) is 3.16. The third-order valence-corrected chi connectivity index (χ3v) is 9.47. The molecule has 10 nitrogen and oxygen atoms in total. The molecule has 0 radical (unpaired) electrons. The van der Waals surface area contributed by atoms with Gasteiger partial charge in [0, 0.05) is 73.1 Å². The molecule has 3 aromatic rings. The maximum atomic E-state index is 15.7. The number of ether oxygens (including phenoxy) is 1. The molecule has 43 heavy (non-hydrogen) atoms. The Bertz CT molecular complexity index is 1670. The lowest BCUT2D eigenvalue weighted by Crippen LogP contribution is -2.66. The number of likely N-dealkylation sites (N-methyl/N-ethyl adjacent to an activating group) is 1. The number of halogens is 1. The van der Waals surface area contributed by atoms with E-state index in [9.17, 15) is 13.2 Å². The van der Waals surface area contributed by atoms with Crippen LogP contribution < -0.4 is 19.7 Å². The van der Waals surface area contributed by atoms with Crippen molar-refractivity contribution in [1.29, 1.82) is 0 Å². The molecule has 3 aliphatic rings. The number of carbonyl (C=O) groups is 1. The summed E-state index contributed by atoms with van der Waals surface area (Å²) in [5.41, 5.74) is 2.14. The molecule has 2 fully saturated rings. The van der Waals surface area contributed by atoms with E-state index in [2.05, 4.69) is 24.9 Å². The predicted molar refractivity (Wildman–Crippen MR) is 166 cm³/mol. The van der Waals surface area contributed by atoms with Crippen LogP contribution in [0.25, 0.3) is 22.0 Å². The number of carbonyl (C=O) groups excluding carboxylic acids is 1. The quantitative estimate of drug-likeness (QED) is 0.349. The molecule has 1 spiro atoms. The Kier molecular flexibility index (Phi) is 7.80. The minimum absolute atomic E-state index is 0.0458. The number of hydrogen-bond acceptors (Lipinski definition) is 8. The SMILES string of the molecule is CC(C)NCCOc1ncc(-c2cc3c4c(cnc3cc2F)N(C)C(=O)C42CN(C3CCCCC3)C2)cc1NS(C)(=O)=O. The number of anilines is 2. The minimum atomic E-state index is -3.67. The maximum absolute atomic E-state index is 15.7. The molecule has 0 atom stereocenters. The van der Waals surface area contributed by atoms with Crippen LogP contribution in [0.5, 0.6) is 5.88 Å². The van der Waals surface area contributed by atoms with E-state index in [0.717, 1.165) is 30.3 Å². The maximum Gasteiger partial charge on any atom is 0.240 e. The molecule has 2 aliphatic heterocycles. The topological polar surface area (TPSA) is 117 Å². The Morgan fingerprint density at radius 2 is 1.86 bits per heavy atom. The van der Waals surface area contributed by atoms with Gasteiger partial charge < -0.3 is 15.0 Å². The van der Waals surface area contributed by atoms with Gasteiger partial charge in [-0.05, 0) is 25.0 Å². The van der Waals surface area contributed by atoms with Crippen LogP contribution in [0, 0.1) is 5.82 Å². The van der Waals surface area contributed by atoms with E-state index in [1.54, 1.807) is 24.2 Å². The van der Waals surface area contributed by atoms with E-state index >= 15 is 4.39 Å². The lowest BCUT2D eigenvalue weighted by molar-refractivity contribution is -0.130. The van der Waals surface area contributed by atoms with Crippen molar-refractivity contribution < 1.29 is 22.3 Å². The Morgan fingerprint density at radius 1 is 1.12 bits per heavy atom. The predicted octanol–water partition coefficient (Wildman–Crippen LogP) is 4.05. The molecule has 6 rings (SSSR count). The van der Waals surface area contributed by atoms with Gasteiger partial charge in [0.1, 0.15) is 23.5 Å². The molecule has 0 bridgehead atoms. The van der Waals surface area contributed by atoms with Gasteiger partial charge in [0.2, 0.25) is 21.8 Å². The number of aromatic nitrogens is 2. The van der Waals surface area contributed by atoms with Crippen LogP contribution >= 0.6 is 0 Å². The van der Waals surface area contributed by atoms with Gasteiger partial charge in [0.05, 0.1) is 23.7 Å². The zero-order valence-electron chi connectivity index (χ0n) is 25.1. The largest absolute Gasteiger partial charge is 0.475 e. The van der Waals surface area contributed by atoms with Crippen LogP contribution in [-0.2, 0) is 20.2 Å². The number of sulfonamides is 1. The Morgan fingerprint density at radius 3 is 2.56 bits per heavy atom. The molecule has 4 heterocycles. The van der Waals surface area contributed by atoms with Gasteiger partial charge in [-0.25, -0.2) is 17.8 Å². The molecule has 1 saturated heterocycles. The van der Waals surface area contributed by atoms with E-state index in [1.165, 1.54) is 37.6 Å². The third-order valence-electron chi connectivity index (χ3n) is 8.88. The first-order valence-electron chi connectivity index (χ1n) is 15.0. The summed E-state index contributed by atoms with van der Waals surface area (Å²) in [6.07, 6.45) is 10.2. The van der Waals surface area contributed by atoms with Gasteiger partial charge >= 0.3 is 0 Å². The van der Waals surface area contributed by atoms with Crippen molar-refractivity contribution in [3.63, 3.8) is 0 Å². The van der Waals surface area contributed by atoms with Crippen molar-refractivity contribution in [2.75, 3.05) is 49.2 Å². The van der Waals surface area contributed by atoms with Gasteiger partial charge in [0.25, 0.3) is 0 Å². The van der Waals surface area contributed by atoms with Gasteiger partial charge in [0.15, 0.2) is 0 Å². The number of pyridine rings is 2. The summed E-state index contributed by atoms with van der Waals surface area (Å²) in [6, 6.07) is 5.40. The summed E-state index contributed by atoms with van der Waals surface area (Å²) in [4.78, 5) is 26.7. The molecule has 0 unspecified atom stereocenters. The standard InChI is InChI=1S/C31H39FN6O4S/c1-19(2)33-10-11-42-29-26(36-43(4,40)41)12-20(15-35-29)22-13-23-25(14-24(22)32)34-16-27-28(23)31(30(39)37(27)3)17-38(18-31)21-8-6-5-7-9-21/h12-16,19,21,33,36H,5-11,17-18H2,1-4H3. The van der Waals surface area contributed by atoms with Crippen molar-refractivity contribution in [3.05, 3.63) is 42.0 Å². The van der Waals surface area contributed by atoms with Crippen LogP contribution in [-0.4, -0.2) is 80.8 Å². The lowest BCUT2D eigenvalue weighted by Gasteiger charge is -2.51.